The first-order chi connectivity index (χ1) is 10.7. The van der Waals surface area contributed by atoms with Crippen LogP contribution < -0.4 is 14.8 Å². The SMILES string of the molecule is CCOc1ccc(C(=O)NC2CCCCCC2)cc1OCC. The number of carbonyl (C=O) groups excluding carboxylic acids is 1. The van der Waals surface area contributed by atoms with Crippen LogP contribution in [0.2, 0.25) is 0 Å². The van der Waals surface area contributed by atoms with E-state index < -0.39 is 0 Å². The minimum Gasteiger partial charge on any atom is -0.490 e. The Morgan fingerprint density at radius 1 is 1.05 bits per heavy atom. The number of ether oxygens (including phenoxy) is 2. The summed E-state index contributed by atoms with van der Waals surface area (Å²) in [5.74, 6) is 1.31. The molecule has 0 heterocycles. The zero-order chi connectivity index (χ0) is 15.8. The summed E-state index contributed by atoms with van der Waals surface area (Å²) in [6.45, 7) is 4.98. The summed E-state index contributed by atoms with van der Waals surface area (Å²) in [6, 6.07) is 5.70. The molecule has 1 saturated carbocycles. The molecule has 0 spiro atoms. The van der Waals surface area contributed by atoms with E-state index in [0.717, 1.165) is 12.8 Å². The molecule has 1 fully saturated rings. The van der Waals surface area contributed by atoms with Gasteiger partial charge >= 0.3 is 0 Å². The Balaban J connectivity index is 2.06. The van der Waals surface area contributed by atoms with E-state index in [1.54, 1.807) is 12.1 Å². The van der Waals surface area contributed by atoms with Gasteiger partial charge in [0.25, 0.3) is 5.91 Å². The van der Waals surface area contributed by atoms with Crippen LogP contribution >= 0.6 is 0 Å². The van der Waals surface area contributed by atoms with E-state index in [9.17, 15) is 4.79 Å². The Bertz CT molecular complexity index is 479. The van der Waals surface area contributed by atoms with Gasteiger partial charge in [0.15, 0.2) is 11.5 Å². The Labute approximate surface area is 133 Å². The van der Waals surface area contributed by atoms with E-state index in [2.05, 4.69) is 5.32 Å². The van der Waals surface area contributed by atoms with E-state index >= 15 is 0 Å². The van der Waals surface area contributed by atoms with Crippen molar-refractivity contribution in [2.75, 3.05) is 13.2 Å². The van der Waals surface area contributed by atoms with Crippen LogP contribution in [0.3, 0.4) is 0 Å². The molecule has 1 N–H and O–H groups in total. The fraction of sp³-hybridized carbons (Fsp3) is 0.611. The highest BCUT2D eigenvalue weighted by Crippen LogP contribution is 2.28. The van der Waals surface area contributed by atoms with Crippen LogP contribution in [0.15, 0.2) is 18.2 Å². The van der Waals surface area contributed by atoms with Crippen molar-refractivity contribution >= 4 is 5.91 Å². The van der Waals surface area contributed by atoms with Crippen molar-refractivity contribution in [1.29, 1.82) is 0 Å². The Hall–Kier alpha value is -1.71. The molecule has 0 atom stereocenters. The van der Waals surface area contributed by atoms with Gasteiger partial charge in [0.1, 0.15) is 0 Å². The van der Waals surface area contributed by atoms with Gasteiger partial charge in [-0.2, -0.15) is 0 Å². The molecule has 22 heavy (non-hydrogen) atoms. The van der Waals surface area contributed by atoms with Crippen LogP contribution in [0.25, 0.3) is 0 Å². The van der Waals surface area contributed by atoms with Crippen LogP contribution in [-0.2, 0) is 0 Å². The third-order valence-electron chi connectivity index (χ3n) is 4.00. The van der Waals surface area contributed by atoms with Gasteiger partial charge in [0.2, 0.25) is 0 Å². The normalized spacial score (nSPS) is 15.9. The maximum Gasteiger partial charge on any atom is 0.251 e. The zero-order valence-corrected chi connectivity index (χ0v) is 13.7. The van der Waals surface area contributed by atoms with Gasteiger partial charge in [0.05, 0.1) is 13.2 Å². The molecule has 122 valence electrons. The molecule has 1 amide bonds. The van der Waals surface area contributed by atoms with Gasteiger partial charge in [-0.05, 0) is 44.9 Å². The highest BCUT2D eigenvalue weighted by Gasteiger charge is 2.17. The lowest BCUT2D eigenvalue weighted by Crippen LogP contribution is -2.34. The molecule has 1 aliphatic carbocycles. The van der Waals surface area contributed by atoms with E-state index in [1.807, 2.05) is 19.9 Å². The van der Waals surface area contributed by atoms with Gasteiger partial charge in [-0.3, -0.25) is 4.79 Å². The minimum absolute atomic E-state index is 0.0177. The van der Waals surface area contributed by atoms with Gasteiger partial charge in [-0.15, -0.1) is 0 Å². The molecule has 0 radical (unpaired) electrons. The Morgan fingerprint density at radius 2 is 1.68 bits per heavy atom. The minimum atomic E-state index is -0.0177. The number of amides is 1. The predicted octanol–water partition coefficient (Wildman–Crippen LogP) is 3.94. The summed E-state index contributed by atoms with van der Waals surface area (Å²) in [5, 5.41) is 3.16. The van der Waals surface area contributed by atoms with E-state index in [0.29, 0.717) is 36.3 Å². The van der Waals surface area contributed by atoms with E-state index in [-0.39, 0.29) is 5.91 Å². The van der Waals surface area contributed by atoms with E-state index in [1.165, 1.54) is 25.7 Å². The average Bonchev–Trinajstić information content (AvgIpc) is 2.78. The summed E-state index contributed by atoms with van der Waals surface area (Å²) in [7, 11) is 0. The lowest BCUT2D eigenvalue weighted by Gasteiger charge is -2.17. The molecule has 2 rings (SSSR count). The third-order valence-corrected chi connectivity index (χ3v) is 4.00. The van der Waals surface area contributed by atoms with Crippen molar-refractivity contribution < 1.29 is 14.3 Å². The second-order valence-electron chi connectivity index (χ2n) is 5.69. The summed E-state index contributed by atoms with van der Waals surface area (Å²) in [5.41, 5.74) is 0.635. The summed E-state index contributed by atoms with van der Waals surface area (Å²) in [6.07, 6.45) is 7.15. The second-order valence-corrected chi connectivity index (χ2v) is 5.69. The average molecular weight is 305 g/mol. The molecule has 4 nitrogen and oxygen atoms in total. The Morgan fingerprint density at radius 3 is 2.32 bits per heavy atom. The maximum absolute atomic E-state index is 12.4. The predicted molar refractivity (Wildman–Crippen MR) is 87.7 cm³/mol. The second kappa shape index (κ2) is 8.66. The molecular weight excluding hydrogens is 278 g/mol. The molecule has 1 aromatic rings. The molecule has 0 aliphatic heterocycles. The summed E-state index contributed by atoms with van der Waals surface area (Å²) >= 11 is 0. The van der Waals surface area contributed by atoms with Crippen molar-refractivity contribution in [2.45, 2.75) is 58.4 Å². The first-order valence-corrected chi connectivity index (χ1v) is 8.45. The molecular formula is C18H27NO3. The van der Waals surface area contributed by atoms with Gasteiger partial charge in [0, 0.05) is 11.6 Å². The zero-order valence-electron chi connectivity index (χ0n) is 13.7. The van der Waals surface area contributed by atoms with Crippen molar-refractivity contribution in [3.63, 3.8) is 0 Å². The number of hydrogen-bond acceptors (Lipinski definition) is 3. The molecule has 0 unspecified atom stereocenters. The van der Waals surface area contributed by atoms with Crippen LogP contribution in [0.4, 0.5) is 0 Å². The van der Waals surface area contributed by atoms with Crippen LogP contribution in [0.1, 0.15) is 62.7 Å². The lowest BCUT2D eigenvalue weighted by molar-refractivity contribution is 0.0933. The van der Waals surface area contributed by atoms with E-state index in [4.69, 9.17) is 9.47 Å². The molecule has 0 aromatic heterocycles. The Kier molecular flexibility index (Phi) is 6.56. The summed E-state index contributed by atoms with van der Waals surface area (Å²) in [4.78, 5) is 12.4. The smallest absolute Gasteiger partial charge is 0.251 e. The summed E-state index contributed by atoms with van der Waals surface area (Å²) < 4.78 is 11.1. The number of benzene rings is 1. The fourth-order valence-electron chi connectivity index (χ4n) is 2.88. The first kappa shape index (κ1) is 16.7. The quantitative estimate of drug-likeness (QED) is 0.810. The lowest BCUT2D eigenvalue weighted by atomic mass is 10.1. The first-order valence-electron chi connectivity index (χ1n) is 8.45. The van der Waals surface area contributed by atoms with Crippen LogP contribution in [0.5, 0.6) is 11.5 Å². The van der Waals surface area contributed by atoms with Crippen molar-refractivity contribution in [2.24, 2.45) is 0 Å². The monoisotopic (exact) mass is 305 g/mol. The van der Waals surface area contributed by atoms with Crippen molar-refractivity contribution in [1.82, 2.24) is 5.32 Å². The van der Waals surface area contributed by atoms with Gasteiger partial charge in [-0.25, -0.2) is 0 Å². The molecule has 0 bridgehead atoms. The fourth-order valence-corrected chi connectivity index (χ4v) is 2.88. The highest BCUT2D eigenvalue weighted by molar-refractivity contribution is 5.95. The molecule has 0 saturated heterocycles. The molecule has 1 aliphatic rings. The van der Waals surface area contributed by atoms with Gasteiger partial charge in [-0.1, -0.05) is 25.7 Å². The highest BCUT2D eigenvalue weighted by atomic mass is 16.5. The number of carbonyl (C=O) groups is 1. The largest absolute Gasteiger partial charge is 0.490 e. The molecule has 4 heteroatoms. The van der Waals surface area contributed by atoms with Crippen LogP contribution in [0, 0.1) is 0 Å². The van der Waals surface area contributed by atoms with Crippen LogP contribution in [-0.4, -0.2) is 25.2 Å². The maximum atomic E-state index is 12.4. The number of rotatable bonds is 6. The standard InChI is InChI=1S/C18H27NO3/c1-3-21-16-12-11-14(13-17(16)22-4-2)18(20)19-15-9-7-5-6-8-10-15/h11-13,15H,3-10H2,1-2H3,(H,19,20). The number of nitrogens with one attached hydrogen (secondary N) is 1. The topological polar surface area (TPSA) is 47.6 Å². The third kappa shape index (κ3) is 4.65. The van der Waals surface area contributed by atoms with Crippen molar-refractivity contribution in [3.8, 4) is 11.5 Å². The van der Waals surface area contributed by atoms with Gasteiger partial charge < -0.3 is 14.8 Å². The molecule has 1 aromatic carbocycles. The number of hydrogen-bond donors (Lipinski definition) is 1. The van der Waals surface area contributed by atoms with Crippen molar-refractivity contribution in [3.05, 3.63) is 23.8 Å².